The number of hydrogen-bond acceptors (Lipinski definition) is 3. The summed E-state index contributed by atoms with van der Waals surface area (Å²) in [5.74, 6) is 0.784. The summed E-state index contributed by atoms with van der Waals surface area (Å²) in [6.45, 7) is 5.96. The molecule has 6 nitrogen and oxygen atoms in total. The number of benzene rings is 1. The Balaban J connectivity index is 1.56. The van der Waals surface area contributed by atoms with Gasteiger partial charge in [-0.3, -0.25) is 14.2 Å². The van der Waals surface area contributed by atoms with Crippen LogP contribution in [0.5, 0.6) is 0 Å². The number of likely N-dealkylation sites (tertiary alicyclic amines) is 1. The summed E-state index contributed by atoms with van der Waals surface area (Å²) in [4.78, 5) is 31.7. The lowest BCUT2D eigenvalue weighted by Crippen LogP contribution is -3.14. The fraction of sp³-hybridized carbons (Fsp3) is 0.571. The molecule has 144 valence electrons. The molecule has 1 amide bonds. The minimum Gasteiger partial charge on any atom is -0.346 e. The number of carbonyl (C=O) groups excluding carboxylic acids is 1. The molecule has 1 fully saturated rings. The Labute approximate surface area is 159 Å². The van der Waals surface area contributed by atoms with Crippen LogP contribution in [0.1, 0.15) is 55.2 Å². The van der Waals surface area contributed by atoms with Crippen molar-refractivity contribution in [3.8, 4) is 0 Å². The molecule has 0 saturated carbocycles. The van der Waals surface area contributed by atoms with Crippen molar-refractivity contribution in [3.63, 3.8) is 0 Å². The molecule has 2 atom stereocenters. The number of hydrogen-bond donors (Lipinski definition) is 2. The van der Waals surface area contributed by atoms with E-state index in [1.54, 1.807) is 23.1 Å². The summed E-state index contributed by atoms with van der Waals surface area (Å²) >= 11 is 0. The average molecular weight is 369 g/mol. The first-order valence-corrected chi connectivity index (χ1v) is 10.3. The third kappa shape index (κ3) is 3.63. The number of nitrogens with one attached hydrogen (secondary N) is 2. The standard InChI is InChI=1S/C21H28N4O2/c1-2-24-11-6-7-16(24)14-22-20(26)15-9-10-17-18(13-15)23-19-8-4-3-5-12-25(19)21(17)27/h9-10,13,16H,2-8,11-12,14H2,1H3,(H,22,26)/p+1/t16-/m0/s1. The predicted octanol–water partition coefficient (Wildman–Crippen LogP) is 0.920. The third-order valence-corrected chi connectivity index (χ3v) is 6.17. The van der Waals surface area contributed by atoms with Crippen LogP contribution < -0.4 is 15.8 Å². The molecule has 1 saturated heterocycles. The maximum absolute atomic E-state index is 12.8. The van der Waals surface area contributed by atoms with Gasteiger partial charge in [-0.25, -0.2) is 4.98 Å². The van der Waals surface area contributed by atoms with Crippen LogP contribution in [-0.2, 0) is 13.0 Å². The van der Waals surface area contributed by atoms with Crippen molar-refractivity contribution in [1.82, 2.24) is 14.9 Å². The number of aryl methyl sites for hydroxylation is 1. The number of carbonyl (C=O) groups is 1. The van der Waals surface area contributed by atoms with E-state index < -0.39 is 0 Å². The van der Waals surface area contributed by atoms with Crippen molar-refractivity contribution in [1.29, 1.82) is 0 Å². The van der Waals surface area contributed by atoms with Gasteiger partial charge in [-0.05, 0) is 38.0 Å². The molecule has 6 heteroatoms. The average Bonchev–Trinajstić information content (AvgIpc) is 3.01. The van der Waals surface area contributed by atoms with Gasteiger partial charge >= 0.3 is 0 Å². The molecule has 1 aromatic heterocycles. The minimum atomic E-state index is -0.0731. The normalized spacial score (nSPS) is 22.4. The number of nitrogens with zero attached hydrogens (tertiary/aromatic N) is 2. The molecule has 2 N–H and O–H groups in total. The van der Waals surface area contributed by atoms with Gasteiger partial charge in [0.05, 0.1) is 30.5 Å². The van der Waals surface area contributed by atoms with Crippen molar-refractivity contribution in [3.05, 3.63) is 39.9 Å². The second kappa shape index (κ2) is 7.80. The van der Waals surface area contributed by atoms with Crippen LogP contribution in [0.4, 0.5) is 0 Å². The van der Waals surface area contributed by atoms with Gasteiger partial charge in [0.25, 0.3) is 11.5 Å². The zero-order valence-corrected chi connectivity index (χ0v) is 16.1. The molecular weight excluding hydrogens is 340 g/mol. The summed E-state index contributed by atoms with van der Waals surface area (Å²) < 4.78 is 1.82. The van der Waals surface area contributed by atoms with Crippen LogP contribution in [0.2, 0.25) is 0 Å². The molecule has 4 rings (SSSR count). The van der Waals surface area contributed by atoms with E-state index in [2.05, 4.69) is 12.2 Å². The maximum Gasteiger partial charge on any atom is 0.261 e. The molecule has 2 aromatic rings. The highest BCUT2D eigenvalue weighted by atomic mass is 16.1. The third-order valence-electron chi connectivity index (χ3n) is 6.17. The van der Waals surface area contributed by atoms with E-state index in [1.165, 1.54) is 19.4 Å². The molecule has 0 spiro atoms. The molecule has 2 aliphatic rings. The Morgan fingerprint density at radius 1 is 1.30 bits per heavy atom. The zero-order valence-electron chi connectivity index (χ0n) is 16.1. The molecule has 0 aliphatic carbocycles. The van der Waals surface area contributed by atoms with Gasteiger partial charge in [-0.15, -0.1) is 0 Å². The number of aromatic nitrogens is 2. The van der Waals surface area contributed by atoms with E-state index in [-0.39, 0.29) is 11.5 Å². The summed E-state index contributed by atoms with van der Waals surface area (Å²) in [5.41, 5.74) is 1.25. The van der Waals surface area contributed by atoms with E-state index in [0.717, 1.165) is 44.6 Å². The van der Waals surface area contributed by atoms with E-state index in [4.69, 9.17) is 4.98 Å². The van der Waals surface area contributed by atoms with Crippen LogP contribution >= 0.6 is 0 Å². The second-order valence-corrected chi connectivity index (χ2v) is 7.84. The van der Waals surface area contributed by atoms with Crippen molar-refractivity contribution in [2.75, 3.05) is 19.6 Å². The van der Waals surface area contributed by atoms with Gasteiger partial charge in [0.15, 0.2) is 0 Å². The van der Waals surface area contributed by atoms with Crippen LogP contribution in [-0.4, -0.2) is 41.1 Å². The van der Waals surface area contributed by atoms with Gasteiger partial charge in [-0.1, -0.05) is 6.42 Å². The molecule has 1 aromatic carbocycles. The first-order chi connectivity index (χ1) is 13.2. The first-order valence-electron chi connectivity index (χ1n) is 10.3. The fourth-order valence-corrected chi connectivity index (χ4v) is 4.57. The Hall–Kier alpha value is -2.21. The lowest BCUT2D eigenvalue weighted by Gasteiger charge is -2.20. The topological polar surface area (TPSA) is 68.4 Å². The maximum atomic E-state index is 12.8. The van der Waals surface area contributed by atoms with Gasteiger partial charge in [0, 0.05) is 31.4 Å². The van der Waals surface area contributed by atoms with Crippen molar-refractivity contribution < 1.29 is 9.69 Å². The Morgan fingerprint density at radius 3 is 3.04 bits per heavy atom. The SMILES string of the molecule is CC[NH+]1CCC[C@H]1CNC(=O)c1ccc2c(=O)n3c(nc2c1)CCCCC3. The van der Waals surface area contributed by atoms with Crippen molar-refractivity contribution in [2.45, 2.75) is 58.0 Å². The Bertz CT molecular complexity index is 905. The fourth-order valence-electron chi connectivity index (χ4n) is 4.57. The molecule has 1 unspecified atom stereocenters. The number of amides is 1. The van der Waals surface area contributed by atoms with Gasteiger partial charge < -0.3 is 10.2 Å². The van der Waals surface area contributed by atoms with E-state index in [9.17, 15) is 9.59 Å². The Morgan fingerprint density at radius 2 is 2.19 bits per heavy atom. The summed E-state index contributed by atoms with van der Waals surface area (Å²) in [7, 11) is 0. The van der Waals surface area contributed by atoms with Crippen molar-refractivity contribution >= 4 is 16.8 Å². The molecule has 0 bridgehead atoms. The first kappa shape index (κ1) is 18.2. The number of fused-ring (bicyclic) bond motifs is 2. The van der Waals surface area contributed by atoms with Gasteiger partial charge in [-0.2, -0.15) is 0 Å². The van der Waals surface area contributed by atoms with Gasteiger partial charge in [0.1, 0.15) is 11.9 Å². The lowest BCUT2D eigenvalue weighted by atomic mass is 10.1. The van der Waals surface area contributed by atoms with Crippen LogP contribution in [0.15, 0.2) is 23.0 Å². The largest absolute Gasteiger partial charge is 0.346 e. The zero-order chi connectivity index (χ0) is 18.8. The van der Waals surface area contributed by atoms with E-state index in [1.807, 2.05) is 4.57 Å². The molecule has 3 heterocycles. The quantitative estimate of drug-likeness (QED) is 0.842. The summed E-state index contributed by atoms with van der Waals surface area (Å²) in [6.07, 6.45) is 6.46. The molecule has 0 radical (unpaired) electrons. The van der Waals surface area contributed by atoms with Gasteiger partial charge in [0.2, 0.25) is 0 Å². The lowest BCUT2D eigenvalue weighted by molar-refractivity contribution is -0.909. The number of likely N-dealkylation sites (N-methyl/N-ethyl adjacent to an activating group) is 1. The smallest absolute Gasteiger partial charge is 0.261 e. The summed E-state index contributed by atoms with van der Waals surface area (Å²) in [6, 6.07) is 5.80. The number of rotatable bonds is 4. The highest BCUT2D eigenvalue weighted by molar-refractivity contribution is 5.97. The van der Waals surface area contributed by atoms with Crippen LogP contribution in [0.25, 0.3) is 10.9 Å². The van der Waals surface area contributed by atoms with E-state index in [0.29, 0.717) is 29.1 Å². The Kier molecular flexibility index (Phi) is 5.25. The molecule has 27 heavy (non-hydrogen) atoms. The van der Waals surface area contributed by atoms with Crippen molar-refractivity contribution in [2.24, 2.45) is 0 Å². The highest BCUT2D eigenvalue weighted by Crippen LogP contribution is 2.16. The highest BCUT2D eigenvalue weighted by Gasteiger charge is 2.27. The monoisotopic (exact) mass is 369 g/mol. The van der Waals surface area contributed by atoms with Crippen LogP contribution in [0.3, 0.4) is 0 Å². The van der Waals surface area contributed by atoms with Crippen LogP contribution in [0, 0.1) is 0 Å². The minimum absolute atomic E-state index is 0.0250. The number of quaternary nitrogens is 1. The summed E-state index contributed by atoms with van der Waals surface area (Å²) in [5, 5.41) is 3.69. The van der Waals surface area contributed by atoms with E-state index >= 15 is 0 Å². The second-order valence-electron chi connectivity index (χ2n) is 7.84. The molecule has 2 aliphatic heterocycles. The predicted molar refractivity (Wildman–Crippen MR) is 105 cm³/mol. The molecular formula is C21H29N4O2+.